The van der Waals surface area contributed by atoms with E-state index in [-0.39, 0.29) is 17.5 Å². The fourth-order valence-corrected chi connectivity index (χ4v) is 2.53. The molecule has 0 spiro atoms. The van der Waals surface area contributed by atoms with Gasteiger partial charge in [-0.1, -0.05) is 6.92 Å². The molecular weight excluding hydrogens is 242 g/mol. The van der Waals surface area contributed by atoms with Crippen LogP contribution in [0, 0.1) is 0 Å². The highest BCUT2D eigenvalue weighted by Crippen LogP contribution is 2.14. The van der Waals surface area contributed by atoms with E-state index in [0.29, 0.717) is 5.56 Å². The van der Waals surface area contributed by atoms with Gasteiger partial charge in [0.2, 0.25) is 5.56 Å². The molecule has 0 aromatic carbocycles. The topological polar surface area (TPSA) is 65.2 Å². The summed E-state index contributed by atoms with van der Waals surface area (Å²) in [5, 5.41) is 3.33. The largest absolute Gasteiger partial charge is 0.334 e. The minimum Gasteiger partial charge on any atom is -0.334 e. The van der Waals surface area contributed by atoms with Crippen LogP contribution in [-0.4, -0.2) is 41.5 Å². The Morgan fingerprint density at radius 2 is 2.37 bits per heavy atom. The van der Waals surface area contributed by atoms with Crippen LogP contribution in [0.3, 0.4) is 0 Å². The molecule has 0 bridgehead atoms. The van der Waals surface area contributed by atoms with Gasteiger partial charge in [-0.25, -0.2) is 0 Å². The second kappa shape index (κ2) is 6.52. The van der Waals surface area contributed by atoms with Crippen molar-refractivity contribution in [2.24, 2.45) is 0 Å². The predicted octanol–water partition coefficient (Wildman–Crippen LogP) is 0.979. The highest BCUT2D eigenvalue weighted by atomic mass is 16.2. The van der Waals surface area contributed by atoms with E-state index in [1.807, 2.05) is 4.90 Å². The van der Waals surface area contributed by atoms with Gasteiger partial charge in [-0.2, -0.15) is 0 Å². The Hall–Kier alpha value is -1.62. The van der Waals surface area contributed by atoms with Crippen LogP contribution in [0.5, 0.6) is 0 Å². The molecule has 0 aliphatic carbocycles. The number of pyridine rings is 1. The number of hydrogen-bond acceptors (Lipinski definition) is 3. The zero-order valence-corrected chi connectivity index (χ0v) is 11.3. The minimum atomic E-state index is -0.232. The molecule has 1 atom stereocenters. The molecule has 1 aromatic rings. The van der Waals surface area contributed by atoms with Crippen LogP contribution in [0.1, 0.15) is 36.5 Å². The normalized spacial score (nSPS) is 19.1. The molecule has 0 radical (unpaired) electrons. The monoisotopic (exact) mass is 263 g/mol. The molecular formula is C14H21N3O2. The maximum Gasteiger partial charge on any atom is 0.254 e. The maximum absolute atomic E-state index is 12.5. The fraction of sp³-hybridized carbons (Fsp3) is 0.571. The van der Waals surface area contributed by atoms with Gasteiger partial charge in [0.15, 0.2) is 0 Å². The number of piperidine rings is 1. The lowest BCUT2D eigenvalue weighted by molar-refractivity contribution is 0.0648. The zero-order valence-electron chi connectivity index (χ0n) is 11.3. The number of carbonyl (C=O) groups is 1. The summed E-state index contributed by atoms with van der Waals surface area (Å²) >= 11 is 0. The molecule has 1 unspecified atom stereocenters. The third kappa shape index (κ3) is 3.44. The average molecular weight is 263 g/mol. The first-order chi connectivity index (χ1) is 9.22. The van der Waals surface area contributed by atoms with Gasteiger partial charge < -0.3 is 15.2 Å². The van der Waals surface area contributed by atoms with Crippen molar-refractivity contribution in [3.05, 3.63) is 34.2 Å². The Bertz CT molecular complexity index is 478. The van der Waals surface area contributed by atoms with Crippen molar-refractivity contribution in [2.45, 2.75) is 32.2 Å². The van der Waals surface area contributed by atoms with Gasteiger partial charge in [-0.15, -0.1) is 0 Å². The molecule has 1 aromatic heterocycles. The second-order valence-electron chi connectivity index (χ2n) is 4.94. The Kier molecular flexibility index (Phi) is 4.74. The van der Waals surface area contributed by atoms with Gasteiger partial charge >= 0.3 is 0 Å². The molecule has 1 fully saturated rings. The van der Waals surface area contributed by atoms with Gasteiger partial charge in [0, 0.05) is 37.0 Å². The van der Waals surface area contributed by atoms with E-state index < -0.39 is 0 Å². The number of aromatic amines is 1. The fourth-order valence-electron chi connectivity index (χ4n) is 2.53. The van der Waals surface area contributed by atoms with Crippen molar-refractivity contribution < 1.29 is 4.79 Å². The average Bonchev–Trinajstić information content (AvgIpc) is 2.45. The summed E-state index contributed by atoms with van der Waals surface area (Å²) in [5.74, 6) is -0.0401. The van der Waals surface area contributed by atoms with Crippen LogP contribution >= 0.6 is 0 Å². The summed E-state index contributed by atoms with van der Waals surface area (Å²) in [6, 6.07) is 3.28. The lowest BCUT2D eigenvalue weighted by atomic mass is 10.0. The molecule has 2 N–H and O–H groups in total. The molecule has 5 nitrogen and oxygen atoms in total. The van der Waals surface area contributed by atoms with Gasteiger partial charge in [0.1, 0.15) is 0 Å². The lowest BCUT2D eigenvalue weighted by Crippen LogP contribution is -2.49. The Balaban J connectivity index is 2.17. The second-order valence-corrected chi connectivity index (χ2v) is 4.94. The quantitative estimate of drug-likeness (QED) is 0.851. The minimum absolute atomic E-state index is 0.0401. The molecule has 2 rings (SSSR count). The first-order valence-corrected chi connectivity index (χ1v) is 6.93. The van der Waals surface area contributed by atoms with Crippen molar-refractivity contribution in [3.8, 4) is 0 Å². The Morgan fingerprint density at radius 1 is 1.53 bits per heavy atom. The molecule has 1 aliphatic heterocycles. The maximum atomic E-state index is 12.5. The molecule has 1 aliphatic rings. The summed E-state index contributed by atoms with van der Waals surface area (Å²) in [5.41, 5.74) is 0.242. The van der Waals surface area contributed by atoms with E-state index in [0.717, 1.165) is 38.9 Å². The van der Waals surface area contributed by atoms with Crippen LogP contribution in [-0.2, 0) is 0 Å². The number of H-pyrrole nitrogens is 1. The first-order valence-electron chi connectivity index (χ1n) is 6.93. The van der Waals surface area contributed by atoms with E-state index in [2.05, 4.69) is 17.2 Å². The van der Waals surface area contributed by atoms with E-state index in [1.54, 1.807) is 6.07 Å². The third-order valence-electron chi connectivity index (χ3n) is 3.46. The van der Waals surface area contributed by atoms with E-state index in [1.165, 1.54) is 12.3 Å². The van der Waals surface area contributed by atoms with Crippen LogP contribution in [0.25, 0.3) is 0 Å². The van der Waals surface area contributed by atoms with Crippen LogP contribution in [0.2, 0.25) is 0 Å². The smallest absolute Gasteiger partial charge is 0.254 e. The summed E-state index contributed by atoms with van der Waals surface area (Å²) in [6.45, 7) is 4.66. The molecule has 19 heavy (non-hydrogen) atoms. The summed E-state index contributed by atoms with van der Waals surface area (Å²) in [7, 11) is 0. The SMILES string of the molecule is CCCN(C(=O)c1cc[nH]c(=O)c1)C1CCCNC1. The highest BCUT2D eigenvalue weighted by Gasteiger charge is 2.25. The van der Waals surface area contributed by atoms with Crippen molar-refractivity contribution in [3.63, 3.8) is 0 Å². The van der Waals surface area contributed by atoms with Crippen LogP contribution in [0.15, 0.2) is 23.1 Å². The van der Waals surface area contributed by atoms with Gasteiger partial charge in [-0.05, 0) is 31.9 Å². The number of rotatable bonds is 4. The summed E-state index contributed by atoms with van der Waals surface area (Å²) in [4.78, 5) is 28.3. The van der Waals surface area contributed by atoms with Gasteiger partial charge in [-0.3, -0.25) is 9.59 Å². The standard InChI is InChI=1S/C14H21N3O2/c1-2-8-17(12-4-3-6-15-10-12)14(19)11-5-7-16-13(18)9-11/h5,7,9,12,15H,2-4,6,8,10H2,1H3,(H,16,18). The third-order valence-corrected chi connectivity index (χ3v) is 3.46. The molecule has 0 saturated carbocycles. The number of carbonyl (C=O) groups excluding carboxylic acids is 1. The van der Waals surface area contributed by atoms with E-state index in [9.17, 15) is 9.59 Å². The molecule has 1 saturated heterocycles. The van der Waals surface area contributed by atoms with E-state index in [4.69, 9.17) is 0 Å². The molecule has 5 heteroatoms. The first kappa shape index (κ1) is 13.8. The Labute approximate surface area is 113 Å². The molecule has 104 valence electrons. The summed E-state index contributed by atoms with van der Waals surface area (Å²) < 4.78 is 0. The van der Waals surface area contributed by atoms with Crippen LogP contribution < -0.4 is 10.9 Å². The van der Waals surface area contributed by atoms with Crippen molar-refractivity contribution >= 4 is 5.91 Å². The number of amides is 1. The molecule has 2 heterocycles. The van der Waals surface area contributed by atoms with Crippen molar-refractivity contribution in [1.82, 2.24) is 15.2 Å². The lowest BCUT2D eigenvalue weighted by Gasteiger charge is -2.34. The number of nitrogens with zero attached hydrogens (tertiary/aromatic N) is 1. The van der Waals surface area contributed by atoms with Crippen molar-refractivity contribution in [1.29, 1.82) is 0 Å². The van der Waals surface area contributed by atoms with Crippen molar-refractivity contribution in [2.75, 3.05) is 19.6 Å². The number of aromatic nitrogens is 1. The number of nitrogens with one attached hydrogen (secondary N) is 2. The van der Waals surface area contributed by atoms with Crippen LogP contribution in [0.4, 0.5) is 0 Å². The van der Waals surface area contributed by atoms with E-state index >= 15 is 0 Å². The summed E-state index contributed by atoms with van der Waals surface area (Å²) in [6.07, 6.45) is 4.57. The zero-order chi connectivity index (χ0) is 13.7. The Morgan fingerprint density at radius 3 is 3.00 bits per heavy atom. The van der Waals surface area contributed by atoms with Gasteiger partial charge in [0.25, 0.3) is 5.91 Å². The predicted molar refractivity (Wildman–Crippen MR) is 74.3 cm³/mol. The van der Waals surface area contributed by atoms with Gasteiger partial charge in [0.05, 0.1) is 0 Å². The number of hydrogen-bond donors (Lipinski definition) is 2. The highest BCUT2D eigenvalue weighted by molar-refractivity contribution is 5.94. The molecule has 1 amide bonds.